The normalized spacial score (nSPS) is 24.0. The fraction of sp³-hybridized carbons (Fsp3) is 0.474. The van der Waals surface area contributed by atoms with Crippen LogP contribution < -0.4 is 0 Å². The minimum atomic E-state index is 0.110. The highest BCUT2D eigenvalue weighted by Gasteiger charge is 2.39. The summed E-state index contributed by atoms with van der Waals surface area (Å²) in [7, 11) is 0. The van der Waals surface area contributed by atoms with Crippen molar-refractivity contribution in [2.75, 3.05) is 13.2 Å². The number of ether oxygens (including phenoxy) is 1. The van der Waals surface area contributed by atoms with Gasteiger partial charge in [0.05, 0.1) is 35.5 Å². The quantitative estimate of drug-likeness (QED) is 0.812. The van der Waals surface area contributed by atoms with Gasteiger partial charge >= 0.3 is 0 Å². The Morgan fingerprint density at radius 1 is 1.26 bits per heavy atom. The fourth-order valence-corrected chi connectivity index (χ4v) is 3.94. The standard InChI is InChI=1S/C19H22N2O2/c1-12-6-7-16-14(10-12)11-15(13(2)20-16)19(22)21-8-9-23-18-5-3-4-17(18)21/h6-7,10-11,17-18H,3-5,8-9H2,1-2H3/t17-,18+/m0/s1. The molecule has 2 fully saturated rings. The maximum Gasteiger partial charge on any atom is 0.256 e. The molecular weight excluding hydrogens is 288 g/mol. The van der Waals surface area contributed by atoms with Crippen LogP contribution in [-0.4, -0.2) is 41.1 Å². The molecular formula is C19H22N2O2. The van der Waals surface area contributed by atoms with Gasteiger partial charge in [0.25, 0.3) is 5.91 Å². The number of pyridine rings is 1. The van der Waals surface area contributed by atoms with Crippen LogP contribution >= 0.6 is 0 Å². The van der Waals surface area contributed by atoms with Crippen LogP contribution in [0.5, 0.6) is 0 Å². The molecule has 0 spiro atoms. The average Bonchev–Trinajstić information content (AvgIpc) is 3.02. The summed E-state index contributed by atoms with van der Waals surface area (Å²) in [4.78, 5) is 19.8. The third kappa shape index (κ3) is 2.51. The van der Waals surface area contributed by atoms with Crippen LogP contribution in [0.1, 0.15) is 40.9 Å². The van der Waals surface area contributed by atoms with Crippen molar-refractivity contribution in [1.82, 2.24) is 9.88 Å². The number of fused-ring (bicyclic) bond motifs is 2. The molecule has 2 atom stereocenters. The summed E-state index contributed by atoms with van der Waals surface area (Å²) >= 11 is 0. The maximum absolute atomic E-state index is 13.1. The van der Waals surface area contributed by atoms with Gasteiger partial charge in [-0.15, -0.1) is 0 Å². The molecule has 1 saturated carbocycles. The maximum atomic E-state index is 13.1. The molecule has 0 unspecified atom stereocenters. The average molecular weight is 310 g/mol. The van der Waals surface area contributed by atoms with Crippen molar-refractivity contribution < 1.29 is 9.53 Å². The Hall–Kier alpha value is -1.94. The number of aryl methyl sites for hydroxylation is 2. The molecule has 23 heavy (non-hydrogen) atoms. The molecule has 4 nitrogen and oxygen atoms in total. The third-order valence-electron chi connectivity index (χ3n) is 5.13. The number of amides is 1. The van der Waals surface area contributed by atoms with Gasteiger partial charge in [-0.25, -0.2) is 0 Å². The van der Waals surface area contributed by atoms with E-state index in [0.29, 0.717) is 13.2 Å². The molecule has 0 radical (unpaired) electrons. The highest BCUT2D eigenvalue weighted by molar-refractivity contribution is 5.99. The first kappa shape index (κ1) is 14.6. The molecule has 2 aliphatic rings. The molecule has 2 aromatic rings. The number of carbonyl (C=O) groups is 1. The van der Waals surface area contributed by atoms with Gasteiger partial charge in [-0.2, -0.15) is 0 Å². The summed E-state index contributed by atoms with van der Waals surface area (Å²) in [5, 5.41) is 1.04. The van der Waals surface area contributed by atoms with E-state index in [9.17, 15) is 4.79 Å². The zero-order chi connectivity index (χ0) is 16.0. The van der Waals surface area contributed by atoms with Gasteiger partial charge in [0.15, 0.2) is 0 Å². The van der Waals surface area contributed by atoms with E-state index in [1.165, 1.54) is 5.56 Å². The van der Waals surface area contributed by atoms with Crippen molar-refractivity contribution in [2.24, 2.45) is 0 Å². The van der Waals surface area contributed by atoms with Gasteiger partial charge in [0, 0.05) is 11.9 Å². The van der Waals surface area contributed by atoms with Gasteiger partial charge in [-0.05, 0) is 51.3 Å². The predicted molar refractivity (Wildman–Crippen MR) is 89.6 cm³/mol. The van der Waals surface area contributed by atoms with Crippen molar-refractivity contribution in [3.63, 3.8) is 0 Å². The Morgan fingerprint density at radius 3 is 3.00 bits per heavy atom. The topological polar surface area (TPSA) is 42.4 Å². The molecule has 1 aliphatic heterocycles. The first-order valence-corrected chi connectivity index (χ1v) is 8.44. The summed E-state index contributed by atoms with van der Waals surface area (Å²) in [6.07, 6.45) is 3.49. The molecule has 2 heterocycles. The minimum Gasteiger partial charge on any atom is -0.374 e. The molecule has 120 valence electrons. The van der Waals surface area contributed by atoms with Crippen molar-refractivity contribution in [1.29, 1.82) is 0 Å². The van der Waals surface area contributed by atoms with E-state index in [0.717, 1.165) is 41.4 Å². The lowest BCUT2D eigenvalue weighted by Crippen LogP contribution is -2.51. The monoisotopic (exact) mass is 310 g/mol. The van der Waals surface area contributed by atoms with Crippen molar-refractivity contribution in [2.45, 2.75) is 45.3 Å². The van der Waals surface area contributed by atoms with E-state index in [4.69, 9.17) is 4.74 Å². The SMILES string of the molecule is Cc1ccc2nc(C)c(C(=O)N3CCO[C@@H]4CCC[C@@H]43)cc2c1. The summed E-state index contributed by atoms with van der Waals surface area (Å²) < 4.78 is 5.82. The van der Waals surface area contributed by atoms with Gasteiger partial charge in [-0.3, -0.25) is 9.78 Å². The third-order valence-corrected chi connectivity index (χ3v) is 5.13. The second kappa shape index (κ2) is 5.60. The largest absolute Gasteiger partial charge is 0.374 e. The van der Waals surface area contributed by atoms with E-state index in [-0.39, 0.29) is 18.1 Å². The van der Waals surface area contributed by atoms with E-state index in [2.05, 4.69) is 24.0 Å². The molecule has 0 N–H and O–H groups in total. The van der Waals surface area contributed by atoms with E-state index < -0.39 is 0 Å². The molecule has 1 aliphatic carbocycles. The molecule has 1 saturated heterocycles. The van der Waals surface area contributed by atoms with Crippen LogP contribution in [0.4, 0.5) is 0 Å². The molecule has 1 aromatic heterocycles. The number of morpholine rings is 1. The second-order valence-electron chi connectivity index (χ2n) is 6.72. The Labute approximate surface area is 136 Å². The van der Waals surface area contributed by atoms with Crippen LogP contribution in [0.15, 0.2) is 24.3 Å². The number of hydrogen-bond acceptors (Lipinski definition) is 3. The second-order valence-corrected chi connectivity index (χ2v) is 6.72. The lowest BCUT2D eigenvalue weighted by molar-refractivity contribution is -0.0445. The summed E-state index contributed by atoms with van der Waals surface area (Å²) in [5.41, 5.74) is 3.68. The van der Waals surface area contributed by atoms with Gasteiger partial charge in [0.1, 0.15) is 0 Å². The molecule has 1 amide bonds. The first-order valence-electron chi connectivity index (χ1n) is 8.44. The molecule has 4 rings (SSSR count). The Bertz CT molecular complexity index is 771. The van der Waals surface area contributed by atoms with Crippen molar-refractivity contribution in [3.05, 3.63) is 41.1 Å². The molecule has 4 heteroatoms. The van der Waals surface area contributed by atoms with E-state index >= 15 is 0 Å². The van der Waals surface area contributed by atoms with Gasteiger partial charge in [-0.1, -0.05) is 11.6 Å². The highest BCUT2D eigenvalue weighted by Crippen LogP contribution is 2.31. The van der Waals surface area contributed by atoms with Crippen LogP contribution in [0.3, 0.4) is 0 Å². The van der Waals surface area contributed by atoms with Crippen LogP contribution in [-0.2, 0) is 4.74 Å². The predicted octanol–water partition coefficient (Wildman–Crippen LogP) is 3.25. The lowest BCUT2D eigenvalue weighted by Gasteiger charge is -2.37. The zero-order valence-electron chi connectivity index (χ0n) is 13.7. The number of aromatic nitrogens is 1. The fourth-order valence-electron chi connectivity index (χ4n) is 3.94. The Morgan fingerprint density at radius 2 is 2.13 bits per heavy atom. The van der Waals surface area contributed by atoms with Crippen LogP contribution in [0.25, 0.3) is 10.9 Å². The van der Waals surface area contributed by atoms with Crippen LogP contribution in [0.2, 0.25) is 0 Å². The van der Waals surface area contributed by atoms with E-state index in [1.54, 1.807) is 0 Å². The number of carbonyl (C=O) groups excluding carboxylic acids is 1. The zero-order valence-corrected chi connectivity index (χ0v) is 13.7. The van der Waals surface area contributed by atoms with Gasteiger partial charge in [0.2, 0.25) is 0 Å². The highest BCUT2D eigenvalue weighted by atomic mass is 16.5. The summed E-state index contributed by atoms with van der Waals surface area (Å²) in [6.45, 7) is 5.32. The smallest absolute Gasteiger partial charge is 0.256 e. The summed E-state index contributed by atoms with van der Waals surface area (Å²) in [5.74, 6) is 0.110. The molecule has 0 bridgehead atoms. The summed E-state index contributed by atoms with van der Waals surface area (Å²) in [6, 6.07) is 8.42. The number of nitrogens with zero attached hydrogens (tertiary/aromatic N) is 2. The number of rotatable bonds is 1. The lowest BCUT2D eigenvalue weighted by atomic mass is 10.0. The first-order chi connectivity index (χ1) is 11.1. The van der Waals surface area contributed by atoms with Crippen LogP contribution in [0, 0.1) is 13.8 Å². The number of hydrogen-bond donors (Lipinski definition) is 0. The molecule has 1 aromatic carbocycles. The Kier molecular flexibility index (Phi) is 3.57. The van der Waals surface area contributed by atoms with Crippen molar-refractivity contribution in [3.8, 4) is 0 Å². The van der Waals surface area contributed by atoms with Gasteiger partial charge < -0.3 is 9.64 Å². The van der Waals surface area contributed by atoms with Crippen molar-refractivity contribution >= 4 is 16.8 Å². The Balaban J connectivity index is 1.72. The van der Waals surface area contributed by atoms with E-state index in [1.807, 2.05) is 24.0 Å². The minimum absolute atomic E-state index is 0.110. The number of benzene rings is 1.